The summed E-state index contributed by atoms with van der Waals surface area (Å²) in [6, 6.07) is 0. The van der Waals surface area contributed by atoms with Crippen LogP contribution in [0.2, 0.25) is 0 Å². The van der Waals surface area contributed by atoms with Crippen molar-refractivity contribution in [1.29, 1.82) is 0 Å². The highest BCUT2D eigenvalue weighted by Crippen LogP contribution is 2.40. The third-order valence-corrected chi connectivity index (χ3v) is 3.85. The van der Waals surface area contributed by atoms with Crippen molar-refractivity contribution >= 4 is 25.7 Å². The van der Waals surface area contributed by atoms with Crippen molar-refractivity contribution in [3.63, 3.8) is 0 Å². The van der Waals surface area contributed by atoms with Crippen molar-refractivity contribution in [2.24, 2.45) is 5.41 Å². The van der Waals surface area contributed by atoms with Gasteiger partial charge < -0.3 is 4.74 Å². The van der Waals surface area contributed by atoms with E-state index in [2.05, 4.69) is 4.74 Å². The van der Waals surface area contributed by atoms with E-state index >= 15 is 0 Å². The molecule has 0 aliphatic heterocycles. The Morgan fingerprint density at radius 1 is 1.43 bits per heavy atom. The average Bonchev–Trinajstić information content (AvgIpc) is 2.49. The maximum absolute atomic E-state index is 11.5. The summed E-state index contributed by atoms with van der Waals surface area (Å²) >= 11 is 0. The molecule has 0 aromatic rings. The number of methoxy groups -OCH3 is 1. The summed E-state index contributed by atoms with van der Waals surface area (Å²) in [4.78, 5) is 11.5. The second-order valence-electron chi connectivity index (χ2n) is 3.66. The van der Waals surface area contributed by atoms with Gasteiger partial charge in [-0.25, -0.2) is 8.42 Å². The quantitative estimate of drug-likeness (QED) is 0.551. The highest BCUT2D eigenvalue weighted by molar-refractivity contribution is 8.13. The Hall–Kier alpha value is -0.290. The summed E-state index contributed by atoms with van der Waals surface area (Å²) in [5, 5.41) is 0. The largest absolute Gasteiger partial charge is 0.469 e. The number of carbonyl (C=O) groups is 1. The van der Waals surface area contributed by atoms with Crippen LogP contribution in [0.15, 0.2) is 0 Å². The normalized spacial score (nSPS) is 20.7. The van der Waals surface area contributed by atoms with E-state index in [-0.39, 0.29) is 5.75 Å². The molecule has 0 aromatic carbocycles. The van der Waals surface area contributed by atoms with Gasteiger partial charge in [0.1, 0.15) is 0 Å². The first-order chi connectivity index (χ1) is 6.40. The Kier molecular flexibility index (Phi) is 3.42. The van der Waals surface area contributed by atoms with E-state index in [1.165, 1.54) is 7.11 Å². The molecule has 0 N–H and O–H groups in total. The summed E-state index contributed by atoms with van der Waals surface area (Å²) in [7, 11) is 2.79. The van der Waals surface area contributed by atoms with Crippen LogP contribution in [-0.2, 0) is 18.6 Å². The smallest absolute Gasteiger partial charge is 0.312 e. The summed E-state index contributed by atoms with van der Waals surface area (Å²) in [6.45, 7) is 0. The van der Waals surface area contributed by atoms with Crippen LogP contribution in [0.5, 0.6) is 0 Å². The Bertz CT molecular complexity index is 316. The molecule has 1 aliphatic carbocycles. The van der Waals surface area contributed by atoms with Crippen LogP contribution < -0.4 is 0 Å². The number of hydrogen-bond donors (Lipinski definition) is 0. The first-order valence-corrected chi connectivity index (χ1v) is 6.88. The molecular formula is C8H13ClO4S. The minimum atomic E-state index is -3.65. The topological polar surface area (TPSA) is 60.4 Å². The molecule has 6 heteroatoms. The minimum absolute atomic E-state index is 0.311. The maximum atomic E-state index is 11.5. The summed E-state index contributed by atoms with van der Waals surface area (Å²) in [5.41, 5.74) is -0.894. The first-order valence-electron chi connectivity index (χ1n) is 4.40. The highest BCUT2D eigenvalue weighted by Gasteiger charge is 2.45. The molecule has 1 rings (SSSR count). The molecule has 0 spiro atoms. The zero-order valence-electron chi connectivity index (χ0n) is 7.95. The van der Waals surface area contributed by atoms with E-state index in [0.717, 1.165) is 12.8 Å². The zero-order chi connectivity index (χ0) is 10.8. The molecular weight excluding hydrogens is 228 g/mol. The van der Waals surface area contributed by atoms with Gasteiger partial charge in [-0.3, -0.25) is 4.79 Å². The van der Waals surface area contributed by atoms with Crippen molar-refractivity contribution in [2.45, 2.75) is 25.7 Å². The monoisotopic (exact) mass is 240 g/mol. The van der Waals surface area contributed by atoms with E-state index in [1.807, 2.05) is 0 Å². The van der Waals surface area contributed by atoms with Gasteiger partial charge in [-0.05, 0) is 12.8 Å². The van der Waals surface area contributed by atoms with Crippen molar-refractivity contribution < 1.29 is 17.9 Å². The van der Waals surface area contributed by atoms with Crippen molar-refractivity contribution in [1.82, 2.24) is 0 Å². The molecule has 4 nitrogen and oxygen atoms in total. The molecule has 1 saturated carbocycles. The Morgan fingerprint density at radius 2 is 1.93 bits per heavy atom. The van der Waals surface area contributed by atoms with Gasteiger partial charge in [-0.2, -0.15) is 0 Å². The number of esters is 1. The fourth-order valence-corrected chi connectivity index (χ4v) is 3.70. The van der Waals surface area contributed by atoms with E-state index in [0.29, 0.717) is 12.8 Å². The second-order valence-corrected chi connectivity index (χ2v) is 6.44. The molecule has 1 fully saturated rings. The van der Waals surface area contributed by atoms with E-state index in [1.54, 1.807) is 0 Å². The lowest BCUT2D eigenvalue weighted by molar-refractivity contribution is -0.151. The van der Waals surface area contributed by atoms with Crippen LogP contribution in [0, 0.1) is 5.41 Å². The van der Waals surface area contributed by atoms with Gasteiger partial charge in [0.15, 0.2) is 0 Å². The van der Waals surface area contributed by atoms with Crippen LogP contribution in [-0.4, -0.2) is 27.2 Å². The van der Waals surface area contributed by atoms with Crippen LogP contribution in [0.4, 0.5) is 0 Å². The third-order valence-electron chi connectivity index (χ3n) is 2.63. The van der Waals surface area contributed by atoms with E-state index in [9.17, 15) is 13.2 Å². The van der Waals surface area contributed by atoms with Crippen LogP contribution >= 0.6 is 10.7 Å². The maximum Gasteiger partial charge on any atom is 0.312 e. The van der Waals surface area contributed by atoms with Gasteiger partial charge >= 0.3 is 5.97 Å². The van der Waals surface area contributed by atoms with Crippen molar-refractivity contribution in [3.05, 3.63) is 0 Å². The lowest BCUT2D eigenvalue weighted by Gasteiger charge is -2.23. The second kappa shape index (κ2) is 4.06. The SMILES string of the molecule is COC(=O)C1(CS(=O)(=O)Cl)CCCC1. The Morgan fingerprint density at radius 3 is 2.29 bits per heavy atom. The molecule has 0 amide bonds. The fourth-order valence-electron chi connectivity index (χ4n) is 2.01. The van der Waals surface area contributed by atoms with Gasteiger partial charge in [0.05, 0.1) is 18.3 Å². The third kappa shape index (κ3) is 2.60. The van der Waals surface area contributed by atoms with Crippen molar-refractivity contribution in [2.75, 3.05) is 12.9 Å². The van der Waals surface area contributed by atoms with E-state index < -0.39 is 20.4 Å². The van der Waals surface area contributed by atoms with Gasteiger partial charge in [0.2, 0.25) is 9.05 Å². The molecule has 0 heterocycles. The summed E-state index contributed by atoms with van der Waals surface area (Å²) < 4.78 is 26.6. The molecule has 14 heavy (non-hydrogen) atoms. The molecule has 0 radical (unpaired) electrons. The molecule has 0 bridgehead atoms. The molecule has 0 aromatic heterocycles. The number of halogens is 1. The average molecular weight is 241 g/mol. The van der Waals surface area contributed by atoms with Crippen LogP contribution in [0.3, 0.4) is 0 Å². The van der Waals surface area contributed by atoms with Crippen LogP contribution in [0.25, 0.3) is 0 Å². The van der Waals surface area contributed by atoms with Gasteiger partial charge in [-0.15, -0.1) is 0 Å². The molecule has 0 atom stereocenters. The first kappa shape index (κ1) is 11.8. The molecule has 1 aliphatic rings. The molecule has 0 saturated heterocycles. The van der Waals surface area contributed by atoms with Gasteiger partial charge in [0.25, 0.3) is 0 Å². The zero-order valence-corrected chi connectivity index (χ0v) is 9.53. The fraction of sp³-hybridized carbons (Fsp3) is 0.875. The van der Waals surface area contributed by atoms with Gasteiger partial charge in [-0.1, -0.05) is 12.8 Å². The molecule has 0 unspecified atom stereocenters. The molecule has 82 valence electrons. The summed E-state index contributed by atoms with van der Waals surface area (Å²) in [6.07, 6.45) is 2.79. The number of carbonyl (C=O) groups excluding carboxylic acids is 1. The lowest BCUT2D eigenvalue weighted by Crippen LogP contribution is -2.35. The number of rotatable bonds is 3. The highest BCUT2D eigenvalue weighted by atomic mass is 35.7. The minimum Gasteiger partial charge on any atom is -0.469 e. The Balaban J connectivity index is 2.88. The summed E-state index contributed by atoms with van der Waals surface area (Å²) in [5.74, 6) is -0.770. The number of ether oxygens (including phenoxy) is 1. The van der Waals surface area contributed by atoms with Crippen molar-refractivity contribution in [3.8, 4) is 0 Å². The van der Waals surface area contributed by atoms with E-state index in [4.69, 9.17) is 10.7 Å². The van der Waals surface area contributed by atoms with Crippen LogP contribution in [0.1, 0.15) is 25.7 Å². The predicted molar refractivity (Wildman–Crippen MR) is 52.6 cm³/mol. The number of hydrogen-bond acceptors (Lipinski definition) is 4. The lowest BCUT2D eigenvalue weighted by atomic mass is 9.89. The Labute approximate surface area is 88.0 Å². The van der Waals surface area contributed by atoms with Gasteiger partial charge in [0, 0.05) is 10.7 Å². The predicted octanol–water partition coefficient (Wildman–Crippen LogP) is 1.29. The standard InChI is InChI=1S/C8H13ClO4S/c1-13-7(10)8(4-2-3-5-8)6-14(9,11)12/h2-6H2,1H3.